The minimum atomic E-state index is -0.744. The van der Waals surface area contributed by atoms with E-state index in [9.17, 15) is 4.79 Å². The molecule has 0 spiro atoms. The summed E-state index contributed by atoms with van der Waals surface area (Å²) >= 11 is 7.66. The highest BCUT2D eigenvalue weighted by Gasteiger charge is 2.20. The summed E-state index contributed by atoms with van der Waals surface area (Å²) < 4.78 is 31.5. The molecule has 5 rings (SSSR count). The predicted molar refractivity (Wildman–Crippen MR) is 144 cm³/mol. The van der Waals surface area contributed by atoms with Crippen LogP contribution in [0.15, 0.2) is 42.7 Å². The number of halogens is 2. The molecule has 194 valence electrons. The molecule has 0 aliphatic carbocycles. The molecule has 0 aliphatic heterocycles. The predicted octanol–water partition coefficient (Wildman–Crippen LogP) is 6.35. The third-order valence-corrected chi connectivity index (χ3v) is 6.84. The summed E-state index contributed by atoms with van der Waals surface area (Å²) in [6.07, 6.45) is 2.45. The Morgan fingerprint density at radius 2 is 1.95 bits per heavy atom. The van der Waals surface area contributed by atoms with Crippen LogP contribution in [0.3, 0.4) is 0 Å². The number of anilines is 1. The van der Waals surface area contributed by atoms with Gasteiger partial charge in [-0.3, -0.25) is 10.3 Å². The molecule has 0 aliphatic rings. The summed E-state index contributed by atoms with van der Waals surface area (Å²) in [7, 11) is 1.53. The van der Waals surface area contributed by atoms with Crippen molar-refractivity contribution in [2.45, 2.75) is 13.8 Å². The Morgan fingerprint density at radius 1 is 1.11 bits per heavy atom. The van der Waals surface area contributed by atoms with Crippen LogP contribution in [0.2, 0.25) is 5.02 Å². The van der Waals surface area contributed by atoms with Gasteiger partial charge in [0.25, 0.3) is 0 Å². The van der Waals surface area contributed by atoms with Gasteiger partial charge in [0.15, 0.2) is 11.6 Å². The lowest BCUT2D eigenvalue weighted by atomic mass is 10.1. The number of amides is 1. The first-order chi connectivity index (χ1) is 18.3. The Hall–Kier alpha value is -4.09. The van der Waals surface area contributed by atoms with Gasteiger partial charge in [0.1, 0.15) is 28.8 Å². The number of pyridine rings is 1. The number of nitrogens with one attached hydrogen (secondary N) is 1. The fraction of sp³-hybridized carbons (Fsp3) is 0.192. The van der Waals surface area contributed by atoms with Gasteiger partial charge in [-0.1, -0.05) is 11.6 Å². The van der Waals surface area contributed by atoms with E-state index in [1.807, 2.05) is 26.0 Å². The Balaban J connectivity index is 1.33. The molecule has 3 aromatic heterocycles. The van der Waals surface area contributed by atoms with Crippen molar-refractivity contribution in [3.05, 3.63) is 64.8 Å². The summed E-state index contributed by atoms with van der Waals surface area (Å²) in [5.41, 5.74) is 4.63. The van der Waals surface area contributed by atoms with E-state index in [1.54, 1.807) is 18.3 Å². The third kappa shape index (κ3) is 5.29. The highest BCUT2D eigenvalue weighted by Crippen LogP contribution is 2.40. The van der Waals surface area contributed by atoms with Gasteiger partial charge in [0.2, 0.25) is 5.88 Å². The number of fused-ring (bicyclic) bond motifs is 2. The fourth-order valence-electron chi connectivity index (χ4n) is 3.77. The number of rotatable bonds is 7. The highest BCUT2D eigenvalue weighted by molar-refractivity contribution is 7.21. The number of hydrogen-bond donors (Lipinski definition) is 1. The maximum absolute atomic E-state index is 15.0. The van der Waals surface area contributed by atoms with Gasteiger partial charge in [-0.25, -0.2) is 24.1 Å². The molecule has 9 nitrogen and oxygen atoms in total. The number of aryl methyl sites for hydroxylation is 2. The van der Waals surface area contributed by atoms with Crippen LogP contribution in [-0.2, 0) is 4.74 Å². The number of ether oxygens (including phenoxy) is 3. The summed E-state index contributed by atoms with van der Waals surface area (Å²) in [5.74, 6) is -0.407. The largest absolute Gasteiger partial charge is 0.487 e. The Labute approximate surface area is 225 Å². The first kappa shape index (κ1) is 25.6. The SMILES string of the molecule is COc1cnc2c(-c3nc4c(Cl)c(F)c(OCCOC(=O)Nc5ccnc(C)c5)cc4s3)cc(C)cc2n1. The molecule has 12 heteroatoms. The van der Waals surface area contributed by atoms with Crippen molar-refractivity contribution in [1.82, 2.24) is 19.9 Å². The zero-order valence-electron chi connectivity index (χ0n) is 20.5. The average Bonchev–Trinajstić information content (AvgIpc) is 3.32. The first-order valence-corrected chi connectivity index (χ1v) is 12.6. The monoisotopic (exact) mass is 553 g/mol. The molecule has 5 aromatic rings. The number of carbonyl (C=O) groups is 1. The van der Waals surface area contributed by atoms with Gasteiger partial charge in [-0.2, -0.15) is 0 Å². The van der Waals surface area contributed by atoms with Gasteiger partial charge < -0.3 is 14.2 Å². The maximum Gasteiger partial charge on any atom is 0.411 e. The summed E-state index contributed by atoms with van der Waals surface area (Å²) in [6, 6.07) is 8.73. The van der Waals surface area contributed by atoms with Crippen LogP contribution in [0, 0.1) is 19.7 Å². The molecule has 0 saturated carbocycles. The third-order valence-electron chi connectivity index (χ3n) is 5.46. The summed E-state index contributed by atoms with van der Waals surface area (Å²) in [5, 5.41) is 3.05. The van der Waals surface area contributed by atoms with Gasteiger partial charge in [-0.05, 0) is 43.7 Å². The van der Waals surface area contributed by atoms with Gasteiger partial charge >= 0.3 is 6.09 Å². The van der Waals surface area contributed by atoms with E-state index in [2.05, 4.69) is 25.3 Å². The molecular formula is C26H21ClFN5O4S. The second kappa shape index (κ2) is 10.7. The Morgan fingerprint density at radius 3 is 2.74 bits per heavy atom. The number of benzene rings is 2. The number of aromatic nitrogens is 4. The van der Waals surface area contributed by atoms with E-state index >= 15 is 4.39 Å². The molecule has 1 N–H and O–H groups in total. The fourth-order valence-corrected chi connectivity index (χ4v) is 5.09. The lowest BCUT2D eigenvalue weighted by molar-refractivity contribution is 0.136. The second-order valence-electron chi connectivity index (χ2n) is 8.26. The molecular weight excluding hydrogens is 533 g/mol. The molecule has 0 fully saturated rings. The number of thiazole rings is 1. The van der Waals surface area contributed by atoms with Crippen molar-refractivity contribution in [1.29, 1.82) is 0 Å². The van der Waals surface area contributed by atoms with Crippen molar-refractivity contribution in [2.24, 2.45) is 0 Å². The normalized spacial score (nSPS) is 11.1. The van der Waals surface area contributed by atoms with Gasteiger partial charge in [0.05, 0.1) is 29.0 Å². The number of carbonyl (C=O) groups excluding carboxylic acids is 1. The topological polar surface area (TPSA) is 108 Å². The van der Waals surface area contributed by atoms with Crippen molar-refractivity contribution < 1.29 is 23.4 Å². The van der Waals surface area contributed by atoms with Crippen molar-refractivity contribution >= 4 is 56.0 Å². The Bertz CT molecular complexity index is 1680. The zero-order chi connectivity index (χ0) is 26.8. The minimum Gasteiger partial charge on any atom is -0.487 e. The van der Waals surface area contributed by atoms with E-state index in [0.29, 0.717) is 37.8 Å². The molecule has 0 radical (unpaired) electrons. The van der Waals surface area contributed by atoms with Crippen LogP contribution in [0.4, 0.5) is 14.9 Å². The van der Waals surface area contributed by atoms with Gasteiger partial charge in [-0.15, -0.1) is 11.3 Å². The molecule has 38 heavy (non-hydrogen) atoms. The molecule has 3 heterocycles. The highest BCUT2D eigenvalue weighted by atomic mass is 35.5. The molecule has 0 unspecified atom stereocenters. The van der Waals surface area contributed by atoms with Crippen LogP contribution >= 0.6 is 22.9 Å². The molecule has 2 aromatic carbocycles. The molecule has 1 amide bonds. The van der Waals surface area contributed by atoms with Crippen LogP contribution < -0.4 is 14.8 Å². The first-order valence-electron chi connectivity index (χ1n) is 11.4. The standard InChI is InChI=1S/C26H21ClFN5O4S/c1-13-8-16(23-17(9-13)32-20(35-3)12-30-23)25-33-24-19(38-25)11-18(22(28)21(24)27)36-6-7-37-26(34)31-15-4-5-29-14(2)10-15/h4-5,8-12H,6-7H2,1-3H3,(H,29,31,34). The molecule has 0 atom stereocenters. The molecule has 0 bridgehead atoms. The molecule has 0 saturated heterocycles. The van der Waals surface area contributed by atoms with E-state index < -0.39 is 11.9 Å². The lowest BCUT2D eigenvalue weighted by Crippen LogP contribution is -2.18. The minimum absolute atomic E-state index is 0.0647. The quantitative estimate of drug-likeness (QED) is 0.232. The lowest BCUT2D eigenvalue weighted by Gasteiger charge is -2.10. The van der Waals surface area contributed by atoms with Crippen LogP contribution in [0.25, 0.3) is 31.8 Å². The Kier molecular flexibility index (Phi) is 7.21. The van der Waals surface area contributed by atoms with Crippen LogP contribution in [0.5, 0.6) is 11.6 Å². The smallest absolute Gasteiger partial charge is 0.411 e. The maximum atomic E-state index is 15.0. The van der Waals surface area contributed by atoms with E-state index in [1.165, 1.54) is 30.7 Å². The van der Waals surface area contributed by atoms with E-state index in [-0.39, 0.29) is 24.0 Å². The number of nitrogens with zero attached hydrogens (tertiary/aromatic N) is 4. The second-order valence-corrected chi connectivity index (χ2v) is 9.66. The summed E-state index contributed by atoms with van der Waals surface area (Å²) in [4.78, 5) is 29.6. The average molecular weight is 554 g/mol. The van der Waals surface area contributed by atoms with Crippen molar-refractivity contribution in [3.63, 3.8) is 0 Å². The van der Waals surface area contributed by atoms with Crippen LogP contribution in [-0.4, -0.2) is 46.4 Å². The van der Waals surface area contributed by atoms with Crippen molar-refractivity contribution in [2.75, 3.05) is 25.6 Å². The van der Waals surface area contributed by atoms with E-state index in [4.69, 9.17) is 25.8 Å². The van der Waals surface area contributed by atoms with Crippen molar-refractivity contribution in [3.8, 4) is 22.2 Å². The van der Waals surface area contributed by atoms with Gasteiger partial charge in [0, 0.05) is 29.2 Å². The number of methoxy groups -OCH3 is 1. The van der Waals surface area contributed by atoms with Crippen LogP contribution in [0.1, 0.15) is 11.3 Å². The van der Waals surface area contributed by atoms with E-state index in [0.717, 1.165) is 16.8 Å². The zero-order valence-corrected chi connectivity index (χ0v) is 22.1. The number of hydrogen-bond acceptors (Lipinski definition) is 9. The summed E-state index contributed by atoms with van der Waals surface area (Å²) in [6.45, 7) is 3.57.